The molecule has 0 atom stereocenters. The van der Waals surface area contributed by atoms with E-state index < -0.39 is 17.9 Å². The van der Waals surface area contributed by atoms with E-state index >= 15 is 0 Å². The summed E-state index contributed by atoms with van der Waals surface area (Å²) in [5.41, 5.74) is 0.884. The van der Waals surface area contributed by atoms with Crippen molar-refractivity contribution in [3.05, 3.63) is 42.5 Å². The van der Waals surface area contributed by atoms with E-state index in [4.69, 9.17) is 18.9 Å². The van der Waals surface area contributed by atoms with Crippen molar-refractivity contribution >= 4 is 29.8 Å². The van der Waals surface area contributed by atoms with Gasteiger partial charge < -0.3 is 23.7 Å². The summed E-state index contributed by atoms with van der Waals surface area (Å²) in [4.78, 5) is 58.9. The van der Waals surface area contributed by atoms with Gasteiger partial charge in [0.05, 0.1) is 37.4 Å². The van der Waals surface area contributed by atoms with Gasteiger partial charge in [0, 0.05) is 12.5 Å². The van der Waals surface area contributed by atoms with Crippen LogP contribution in [-0.4, -0.2) is 55.8 Å². The van der Waals surface area contributed by atoms with Gasteiger partial charge in [0.2, 0.25) is 0 Å². The maximum Gasteiger partial charge on any atom is 0.330 e. The molecule has 1 aromatic rings. The van der Waals surface area contributed by atoms with Crippen molar-refractivity contribution in [3.63, 3.8) is 0 Å². The highest BCUT2D eigenvalue weighted by Gasteiger charge is 2.32. The molecule has 0 amide bonds. The van der Waals surface area contributed by atoms with Gasteiger partial charge in [-0.2, -0.15) is 0 Å². The number of carbonyl (C=O) groups is 5. The van der Waals surface area contributed by atoms with Crippen LogP contribution in [0.15, 0.2) is 36.9 Å². The molecule has 10 nitrogen and oxygen atoms in total. The molecule has 0 bridgehead atoms. The predicted octanol–water partition coefficient (Wildman–Crippen LogP) is 3.49. The first kappa shape index (κ1) is 30.5. The van der Waals surface area contributed by atoms with Crippen LogP contribution in [0, 0.1) is 11.8 Å². The molecule has 1 aliphatic rings. The predicted molar refractivity (Wildman–Crippen MR) is 135 cm³/mol. The molecule has 1 aromatic carbocycles. The highest BCUT2D eigenvalue weighted by molar-refractivity contribution is 5.81. The second-order valence-electron chi connectivity index (χ2n) is 9.16. The van der Waals surface area contributed by atoms with Crippen LogP contribution in [0.5, 0.6) is 5.75 Å². The molecular weight excluding hydrogens is 496 g/mol. The van der Waals surface area contributed by atoms with Crippen LogP contribution in [0.3, 0.4) is 0 Å². The Balaban J connectivity index is 1.61. The molecule has 1 fully saturated rings. The number of esters is 5. The van der Waals surface area contributed by atoms with Gasteiger partial charge in [0.1, 0.15) is 19.0 Å². The third-order valence-corrected chi connectivity index (χ3v) is 5.83. The average molecular weight is 533 g/mol. The molecule has 1 aliphatic carbocycles. The fraction of sp³-hybridized carbons (Fsp3) is 0.536. The Hall–Kier alpha value is -3.69. The largest absolute Gasteiger partial charge is 0.465 e. The summed E-state index contributed by atoms with van der Waals surface area (Å²) >= 11 is 0. The number of carbonyl (C=O) groups excluding carboxylic acids is 5. The second kappa shape index (κ2) is 16.2. The van der Waals surface area contributed by atoms with Gasteiger partial charge in [-0.25, -0.2) is 4.79 Å². The quantitative estimate of drug-likeness (QED) is 0.115. The van der Waals surface area contributed by atoms with Gasteiger partial charge in [-0.05, 0) is 57.2 Å². The van der Waals surface area contributed by atoms with E-state index in [1.807, 2.05) is 13.8 Å². The standard InChI is InChI=1S/C28H36O10/c1-4-24(29)35-17-18-36-26(31)14-13-25(30)34-16-15-20-5-11-23(12-6-20)38-28(33)22-9-7-21(8-10-22)27(32)37-19(2)3/h4-6,11-12,19,21-22H,1,7-10,13-18H2,2-3H3. The molecule has 0 heterocycles. The molecule has 0 N–H and O–H groups in total. The fourth-order valence-electron chi connectivity index (χ4n) is 3.80. The second-order valence-corrected chi connectivity index (χ2v) is 9.16. The Morgan fingerprint density at radius 3 is 1.89 bits per heavy atom. The zero-order chi connectivity index (χ0) is 27.9. The van der Waals surface area contributed by atoms with Gasteiger partial charge in [-0.15, -0.1) is 0 Å². The van der Waals surface area contributed by atoms with E-state index in [9.17, 15) is 24.0 Å². The molecule has 0 aliphatic heterocycles. The molecule has 0 aromatic heterocycles. The van der Waals surface area contributed by atoms with Crippen molar-refractivity contribution in [1.29, 1.82) is 0 Å². The molecule has 10 heteroatoms. The molecule has 0 saturated heterocycles. The first-order chi connectivity index (χ1) is 18.2. The molecule has 38 heavy (non-hydrogen) atoms. The Morgan fingerprint density at radius 2 is 1.34 bits per heavy atom. The first-order valence-electron chi connectivity index (χ1n) is 12.8. The summed E-state index contributed by atoms with van der Waals surface area (Å²) in [6, 6.07) is 6.93. The first-order valence-corrected chi connectivity index (χ1v) is 12.8. The van der Waals surface area contributed by atoms with Gasteiger partial charge in [0.15, 0.2) is 0 Å². The minimum Gasteiger partial charge on any atom is -0.465 e. The van der Waals surface area contributed by atoms with Gasteiger partial charge >= 0.3 is 29.8 Å². The Kier molecular flexibility index (Phi) is 13.0. The van der Waals surface area contributed by atoms with Crippen LogP contribution in [0.4, 0.5) is 0 Å². The summed E-state index contributed by atoms with van der Waals surface area (Å²) in [5.74, 6) is -2.22. The van der Waals surface area contributed by atoms with Gasteiger partial charge in [0.25, 0.3) is 0 Å². The lowest BCUT2D eigenvalue weighted by molar-refractivity contribution is -0.155. The average Bonchev–Trinajstić information content (AvgIpc) is 2.90. The van der Waals surface area contributed by atoms with Crippen LogP contribution < -0.4 is 4.74 Å². The normalized spacial score (nSPS) is 16.7. The summed E-state index contributed by atoms with van der Waals surface area (Å²) in [6.45, 7) is 6.82. The number of hydrogen-bond acceptors (Lipinski definition) is 10. The van der Waals surface area contributed by atoms with Crippen molar-refractivity contribution in [3.8, 4) is 5.75 Å². The maximum atomic E-state index is 12.5. The summed E-state index contributed by atoms with van der Waals surface area (Å²) in [7, 11) is 0. The van der Waals surface area contributed by atoms with Crippen molar-refractivity contribution in [1.82, 2.24) is 0 Å². The van der Waals surface area contributed by atoms with Crippen LogP contribution in [0.1, 0.15) is 57.9 Å². The van der Waals surface area contributed by atoms with E-state index in [-0.39, 0.29) is 62.5 Å². The Labute approximate surface area is 222 Å². The lowest BCUT2D eigenvalue weighted by atomic mass is 9.82. The zero-order valence-electron chi connectivity index (χ0n) is 22.0. The molecule has 208 valence electrons. The van der Waals surface area contributed by atoms with Crippen molar-refractivity contribution in [2.45, 2.75) is 64.9 Å². The van der Waals surface area contributed by atoms with E-state index in [0.717, 1.165) is 11.6 Å². The van der Waals surface area contributed by atoms with E-state index in [0.29, 0.717) is 37.9 Å². The van der Waals surface area contributed by atoms with E-state index in [1.54, 1.807) is 24.3 Å². The molecule has 1 saturated carbocycles. The molecule has 0 spiro atoms. The highest BCUT2D eigenvalue weighted by atomic mass is 16.6. The van der Waals surface area contributed by atoms with Crippen molar-refractivity contribution < 1.29 is 47.7 Å². The van der Waals surface area contributed by atoms with Gasteiger partial charge in [-0.1, -0.05) is 18.7 Å². The fourth-order valence-corrected chi connectivity index (χ4v) is 3.80. The maximum absolute atomic E-state index is 12.5. The number of ether oxygens (including phenoxy) is 5. The van der Waals surface area contributed by atoms with Crippen LogP contribution >= 0.6 is 0 Å². The molecule has 0 radical (unpaired) electrons. The minimum atomic E-state index is -0.610. The number of benzene rings is 1. The summed E-state index contributed by atoms with van der Waals surface area (Å²) in [6.07, 6.45) is 3.44. The Bertz CT molecular complexity index is 958. The number of hydrogen-bond donors (Lipinski definition) is 0. The lowest BCUT2D eigenvalue weighted by Gasteiger charge is -2.26. The third-order valence-electron chi connectivity index (χ3n) is 5.83. The SMILES string of the molecule is C=CC(=O)OCCOC(=O)CCC(=O)OCCc1ccc(OC(=O)C2CCC(C(=O)OC(C)C)CC2)cc1. The lowest BCUT2D eigenvalue weighted by Crippen LogP contribution is -2.30. The minimum absolute atomic E-state index is 0.0867. The monoisotopic (exact) mass is 532 g/mol. The third kappa shape index (κ3) is 11.6. The van der Waals surface area contributed by atoms with Crippen molar-refractivity contribution in [2.24, 2.45) is 11.8 Å². The number of rotatable bonds is 14. The van der Waals surface area contributed by atoms with E-state index in [2.05, 4.69) is 11.3 Å². The molecular formula is C28H36O10. The van der Waals surface area contributed by atoms with Crippen LogP contribution in [0.25, 0.3) is 0 Å². The Morgan fingerprint density at radius 1 is 0.816 bits per heavy atom. The topological polar surface area (TPSA) is 132 Å². The zero-order valence-corrected chi connectivity index (χ0v) is 22.0. The smallest absolute Gasteiger partial charge is 0.330 e. The highest BCUT2D eigenvalue weighted by Crippen LogP contribution is 2.31. The van der Waals surface area contributed by atoms with Crippen LogP contribution in [0.2, 0.25) is 0 Å². The van der Waals surface area contributed by atoms with Gasteiger partial charge in [-0.3, -0.25) is 19.2 Å². The van der Waals surface area contributed by atoms with Crippen molar-refractivity contribution in [2.75, 3.05) is 19.8 Å². The van der Waals surface area contributed by atoms with E-state index in [1.165, 1.54) is 0 Å². The summed E-state index contributed by atoms with van der Waals surface area (Å²) in [5, 5.41) is 0. The van der Waals surface area contributed by atoms with Crippen LogP contribution in [-0.2, 0) is 49.3 Å². The molecule has 0 unspecified atom stereocenters. The molecule has 2 rings (SSSR count). The summed E-state index contributed by atoms with van der Waals surface area (Å²) < 4.78 is 25.4.